The number of carbonyl (C=O) groups excluding carboxylic acids is 2. The molecule has 4 N–H and O–H groups in total. The van der Waals surface area contributed by atoms with Crippen LogP contribution in [0.25, 0.3) is 0 Å². The van der Waals surface area contributed by atoms with Gasteiger partial charge < -0.3 is 15.7 Å². The monoisotopic (exact) mass is 481 g/mol. The predicted octanol–water partition coefficient (Wildman–Crippen LogP) is 3.36. The number of amides is 2. The van der Waals surface area contributed by atoms with E-state index in [0.717, 1.165) is 5.56 Å². The molecule has 0 aliphatic heterocycles. The quantitative estimate of drug-likeness (QED) is 0.349. The van der Waals surface area contributed by atoms with Crippen molar-refractivity contribution in [3.8, 4) is 5.75 Å². The maximum absolute atomic E-state index is 12.8. The lowest BCUT2D eigenvalue weighted by atomic mass is 10.2. The summed E-state index contributed by atoms with van der Waals surface area (Å²) in [7, 11) is -3.80. The molecule has 0 aromatic heterocycles. The Bertz CT molecular complexity index is 1310. The first-order valence-corrected chi connectivity index (χ1v) is 12.2. The molecule has 34 heavy (non-hydrogen) atoms. The van der Waals surface area contributed by atoms with E-state index in [2.05, 4.69) is 15.4 Å². The van der Waals surface area contributed by atoms with E-state index >= 15 is 0 Å². The summed E-state index contributed by atoms with van der Waals surface area (Å²) in [6.45, 7) is 4.20. The molecule has 0 saturated carbocycles. The van der Waals surface area contributed by atoms with Crippen molar-refractivity contribution in [2.75, 3.05) is 17.8 Å². The van der Waals surface area contributed by atoms with Gasteiger partial charge in [-0.3, -0.25) is 14.3 Å². The van der Waals surface area contributed by atoms with E-state index in [1.165, 1.54) is 18.2 Å². The number of sulfonamides is 1. The van der Waals surface area contributed by atoms with Crippen molar-refractivity contribution in [1.82, 2.24) is 10.6 Å². The maximum atomic E-state index is 12.8. The third kappa shape index (κ3) is 6.58. The van der Waals surface area contributed by atoms with Crippen LogP contribution < -0.4 is 15.4 Å². The number of hydrogen-bond donors (Lipinski definition) is 4. The van der Waals surface area contributed by atoms with Crippen molar-refractivity contribution in [1.29, 1.82) is 0 Å². The fourth-order valence-corrected chi connectivity index (χ4v) is 4.65. The molecule has 3 aromatic rings. The van der Waals surface area contributed by atoms with E-state index in [9.17, 15) is 23.1 Å². The smallest absolute Gasteiger partial charge is 0.262 e. The molecule has 0 fully saturated rings. The van der Waals surface area contributed by atoms with Gasteiger partial charge in [-0.15, -0.1) is 0 Å². The van der Waals surface area contributed by atoms with Gasteiger partial charge in [-0.1, -0.05) is 24.3 Å². The van der Waals surface area contributed by atoms with Gasteiger partial charge in [0.1, 0.15) is 5.75 Å². The zero-order valence-electron chi connectivity index (χ0n) is 19.0. The second-order valence-corrected chi connectivity index (χ2v) is 9.52. The van der Waals surface area contributed by atoms with Crippen LogP contribution in [0.15, 0.2) is 71.6 Å². The number of rotatable bonds is 9. The Morgan fingerprint density at radius 1 is 0.824 bits per heavy atom. The average Bonchev–Trinajstić information content (AvgIpc) is 2.80. The van der Waals surface area contributed by atoms with Crippen LogP contribution in [0.3, 0.4) is 0 Å². The number of phenols is 1. The van der Waals surface area contributed by atoms with Gasteiger partial charge in [0.15, 0.2) is 0 Å². The summed E-state index contributed by atoms with van der Waals surface area (Å²) >= 11 is 0. The molecule has 8 nitrogen and oxygen atoms in total. The highest BCUT2D eigenvalue weighted by molar-refractivity contribution is 7.92. The van der Waals surface area contributed by atoms with Gasteiger partial charge in [0.2, 0.25) is 0 Å². The van der Waals surface area contributed by atoms with Crippen LogP contribution in [0.4, 0.5) is 5.69 Å². The van der Waals surface area contributed by atoms with Gasteiger partial charge in [0.05, 0.1) is 4.90 Å². The number of carbonyl (C=O) groups is 2. The maximum Gasteiger partial charge on any atom is 0.262 e. The van der Waals surface area contributed by atoms with Gasteiger partial charge in [-0.2, -0.15) is 0 Å². The molecule has 0 radical (unpaired) electrons. The Hall–Kier alpha value is -3.85. The van der Waals surface area contributed by atoms with Crippen LogP contribution in [-0.2, 0) is 10.0 Å². The zero-order valence-corrected chi connectivity index (χ0v) is 19.8. The second kappa shape index (κ2) is 10.8. The van der Waals surface area contributed by atoms with Gasteiger partial charge >= 0.3 is 0 Å². The molecule has 0 heterocycles. The lowest BCUT2D eigenvalue weighted by molar-refractivity contribution is 0.0951. The number of anilines is 1. The largest absolute Gasteiger partial charge is 0.508 e. The first-order chi connectivity index (χ1) is 16.2. The zero-order chi connectivity index (χ0) is 24.7. The fourth-order valence-electron chi connectivity index (χ4n) is 3.27. The molecule has 9 heteroatoms. The molecule has 0 bridgehead atoms. The number of aryl methyl sites for hydroxylation is 2. The predicted molar refractivity (Wildman–Crippen MR) is 131 cm³/mol. The van der Waals surface area contributed by atoms with Crippen LogP contribution in [0, 0.1) is 13.8 Å². The van der Waals surface area contributed by atoms with Crippen molar-refractivity contribution in [2.24, 2.45) is 0 Å². The molecular formula is C25H27N3O5S. The highest BCUT2D eigenvalue weighted by Crippen LogP contribution is 2.21. The Kier molecular flexibility index (Phi) is 7.91. The summed E-state index contributed by atoms with van der Waals surface area (Å²) in [5.41, 5.74) is 2.40. The molecule has 0 spiro atoms. The molecule has 2 amide bonds. The molecule has 0 saturated heterocycles. The van der Waals surface area contributed by atoms with E-state index in [-0.39, 0.29) is 28.1 Å². The van der Waals surface area contributed by atoms with Crippen LogP contribution in [0.5, 0.6) is 5.75 Å². The standard InChI is InChI=1S/C25H27N3O5S/c1-17-10-11-18(2)23(14-17)34(32,33)28-21-8-3-6-19(15-21)24(30)26-12-5-13-27-25(31)20-7-4-9-22(29)16-20/h3-4,6-11,14-16,28-29H,5,12-13H2,1-2H3,(H,26,30)(H,27,31). The Morgan fingerprint density at radius 3 is 2.09 bits per heavy atom. The van der Waals surface area contributed by atoms with E-state index in [0.29, 0.717) is 36.2 Å². The molecule has 0 unspecified atom stereocenters. The van der Waals surface area contributed by atoms with Crippen LogP contribution in [-0.4, -0.2) is 38.4 Å². The molecule has 0 aliphatic rings. The SMILES string of the molecule is Cc1ccc(C)c(S(=O)(=O)Nc2cccc(C(=O)NCCCNC(=O)c3cccc(O)c3)c2)c1. The van der Waals surface area contributed by atoms with Crippen molar-refractivity contribution in [3.05, 3.63) is 89.0 Å². The summed E-state index contributed by atoms with van der Waals surface area (Å²) < 4.78 is 28.2. The van der Waals surface area contributed by atoms with E-state index in [1.807, 2.05) is 13.0 Å². The van der Waals surface area contributed by atoms with Crippen LogP contribution >= 0.6 is 0 Å². The highest BCUT2D eigenvalue weighted by Gasteiger charge is 2.18. The lowest BCUT2D eigenvalue weighted by Gasteiger charge is -2.12. The fraction of sp³-hybridized carbons (Fsp3) is 0.200. The summed E-state index contributed by atoms with van der Waals surface area (Å²) in [6, 6.07) is 17.5. The van der Waals surface area contributed by atoms with Crippen molar-refractivity contribution >= 4 is 27.5 Å². The summed E-state index contributed by atoms with van der Waals surface area (Å²) in [5, 5.41) is 14.9. The van der Waals surface area contributed by atoms with Gasteiger partial charge in [-0.25, -0.2) is 8.42 Å². The summed E-state index contributed by atoms with van der Waals surface area (Å²) in [6.07, 6.45) is 0.495. The summed E-state index contributed by atoms with van der Waals surface area (Å²) in [4.78, 5) is 24.7. The van der Waals surface area contributed by atoms with Gasteiger partial charge in [0.25, 0.3) is 21.8 Å². The van der Waals surface area contributed by atoms with Crippen molar-refractivity contribution < 1.29 is 23.1 Å². The minimum atomic E-state index is -3.80. The molecule has 0 atom stereocenters. The Labute approximate surface area is 199 Å². The third-order valence-electron chi connectivity index (χ3n) is 5.04. The molecule has 3 aromatic carbocycles. The number of hydrogen-bond acceptors (Lipinski definition) is 5. The Balaban J connectivity index is 1.52. The molecule has 3 rings (SSSR count). The molecular weight excluding hydrogens is 454 g/mol. The number of benzene rings is 3. The van der Waals surface area contributed by atoms with Gasteiger partial charge in [0, 0.05) is 29.9 Å². The summed E-state index contributed by atoms with van der Waals surface area (Å²) in [5.74, 6) is -0.656. The van der Waals surface area contributed by atoms with Gasteiger partial charge in [-0.05, 0) is 73.9 Å². The minimum absolute atomic E-state index is 0.0125. The molecule has 0 aliphatic carbocycles. The topological polar surface area (TPSA) is 125 Å². The minimum Gasteiger partial charge on any atom is -0.508 e. The number of aromatic hydroxyl groups is 1. The third-order valence-corrected chi connectivity index (χ3v) is 6.57. The Morgan fingerprint density at radius 2 is 1.44 bits per heavy atom. The normalized spacial score (nSPS) is 11.0. The van der Waals surface area contributed by atoms with E-state index in [1.54, 1.807) is 49.4 Å². The number of phenolic OH excluding ortho intramolecular Hbond substituents is 1. The van der Waals surface area contributed by atoms with Crippen LogP contribution in [0.2, 0.25) is 0 Å². The van der Waals surface area contributed by atoms with E-state index in [4.69, 9.17) is 0 Å². The van der Waals surface area contributed by atoms with Crippen LogP contribution in [0.1, 0.15) is 38.3 Å². The lowest BCUT2D eigenvalue weighted by Crippen LogP contribution is -2.30. The average molecular weight is 482 g/mol. The first kappa shape index (κ1) is 24.8. The first-order valence-electron chi connectivity index (χ1n) is 10.7. The number of nitrogens with one attached hydrogen (secondary N) is 3. The second-order valence-electron chi connectivity index (χ2n) is 7.87. The van der Waals surface area contributed by atoms with Crippen molar-refractivity contribution in [2.45, 2.75) is 25.2 Å². The molecule has 178 valence electrons. The van der Waals surface area contributed by atoms with E-state index < -0.39 is 10.0 Å². The highest BCUT2D eigenvalue weighted by atomic mass is 32.2. The van der Waals surface area contributed by atoms with Crippen molar-refractivity contribution in [3.63, 3.8) is 0 Å².